The number of benzene rings is 1. The molecule has 0 N–H and O–H groups in total. The Morgan fingerprint density at radius 1 is 1.17 bits per heavy atom. The van der Waals surface area contributed by atoms with Gasteiger partial charge < -0.3 is 14.5 Å². The lowest BCUT2D eigenvalue weighted by Gasteiger charge is -2.52. The van der Waals surface area contributed by atoms with Gasteiger partial charge in [0.05, 0.1) is 12.5 Å². The predicted molar refractivity (Wildman–Crippen MR) is 91.5 cm³/mol. The maximum atomic E-state index is 12.7. The Bertz CT molecular complexity index is 626. The number of piperidine rings is 1. The molecule has 1 spiro atoms. The van der Waals surface area contributed by atoms with Crippen molar-refractivity contribution in [2.45, 2.75) is 33.2 Å². The number of β-lactam (4-membered cyclic amide) rings is 1. The van der Waals surface area contributed by atoms with E-state index in [0.29, 0.717) is 32.0 Å². The molecule has 2 heterocycles. The Morgan fingerprint density at radius 3 is 2.42 bits per heavy atom. The van der Waals surface area contributed by atoms with E-state index in [2.05, 4.69) is 13.8 Å². The number of methoxy groups -OCH3 is 1. The monoisotopic (exact) mass is 330 g/mol. The van der Waals surface area contributed by atoms with Crippen molar-refractivity contribution in [1.29, 1.82) is 0 Å². The fraction of sp³-hybridized carbons (Fsp3) is 0.579. The van der Waals surface area contributed by atoms with E-state index >= 15 is 0 Å². The van der Waals surface area contributed by atoms with E-state index in [1.54, 1.807) is 7.11 Å². The largest absolute Gasteiger partial charge is 0.497 e. The van der Waals surface area contributed by atoms with E-state index in [1.165, 1.54) is 0 Å². The van der Waals surface area contributed by atoms with Crippen LogP contribution in [0.2, 0.25) is 0 Å². The van der Waals surface area contributed by atoms with Gasteiger partial charge in [0, 0.05) is 32.6 Å². The van der Waals surface area contributed by atoms with Crippen LogP contribution < -0.4 is 4.74 Å². The summed E-state index contributed by atoms with van der Waals surface area (Å²) in [6.45, 7) is 7.02. The smallest absolute Gasteiger partial charge is 0.231 e. The lowest BCUT2D eigenvalue weighted by molar-refractivity contribution is -0.171. The minimum Gasteiger partial charge on any atom is -0.497 e. The van der Waals surface area contributed by atoms with Crippen molar-refractivity contribution in [3.63, 3.8) is 0 Å². The van der Waals surface area contributed by atoms with Gasteiger partial charge in [-0.1, -0.05) is 26.0 Å². The molecule has 1 aromatic rings. The molecule has 0 bridgehead atoms. The summed E-state index contributed by atoms with van der Waals surface area (Å²) in [5, 5.41) is 0. The Morgan fingerprint density at radius 2 is 1.88 bits per heavy atom. The molecule has 130 valence electrons. The lowest BCUT2D eigenvalue weighted by Crippen LogP contribution is -2.65. The molecule has 24 heavy (non-hydrogen) atoms. The highest BCUT2D eigenvalue weighted by atomic mass is 16.5. The van der Waals surface area contributed by atoms with Gasteiger partial charge in [0.1, 0.15) is 5.75 Å². The molecule has 0 aromatic heterocycles. The average Bonchev–Trinajstić information content (AvgIpc) is 2.57. The first-order chi connectivity index (χ1) is 11.4. The third-order valence-corrected chi connectivity index (χ3v) is 5.06. The molecule has 1 atom stereocenters. The van der Waals surface area contributed by atoms with Crippen LogP contribution in [0.1, 0.15) is 32.3 Å². The number of hydrogen-bond acceptors (Lipinski definition) is 3. The first-order valence-electron chi connectivity index (χ1n) is 8.63. The molecule has 5 nitrogen and oxygen atoms in total. The average molecular weight is 330 g/mol. The number of carbonyl (C=O) groups excluding carboxylic acids is 2. The molecule has 3 rings (SSSR count). The molecule has 2 saturated heterocycles. The highest BCUT2D eigenvalue weighted by molar-refractivity contribution is 5.94. The van der Waals surface area contributed by atoms with Crippen LogP contribution >= 0.6 is 0 Å². The second-order valence-electron chi connectivity index (χ2n) is 7.45. The first-order valence-corrected chi connectivity index (χ1v) is 8.63. The van der Waals surface area contributed by atoms with E-state index in [9.17, 15) is 9.59 Å². The third-order valence-electron chi connectivity index (χ3n) is 5.06. The van der Waals surface area contributed by atoms with Crippen LogP contribution in [-0.2, 0) is 16.1 Å². The fourth-order valence-electron chi connectivity index (χ4n) is 3.74. The number of nitrogens with zero attached hydrogens (tertiary/aromatic N) is 2. The number of rotatable bonds is 5. The molecule has 0 aliphatic carbocycles. The third kappa shape index (κ3) is 3.12. The highest BCUT2D eigenvalue weighted by Gasteiger charge is 2.55. The zero-order chi connectivity index (χ0) is 17.3. The van der Waals surface area contributed by atoms with Gasteiger partial charge >= 0.3 is 0 Å². The van der Waals surface area contributed by atoms with Gasteiger partial charge in [-0.3, -0.25) is 9.59 Å². The zero-order valence-corrected chi connectivity index (χ0v) is 14.7. The molecule has 0 radical (unpaired) electrons. The van der Waals surface area contributed by atoms with E-state index in [-0.39, 0.29) is 11.8 Å². The van der Waals surface area contributed by atoms with E-state index < -0.39 is 5.41 Å². The van der Waals surface area contributed by atoms with Crippen molar-refractivity contribution in [3.8, 4) is 5.75 Å². The predicted octanol–water partition coefficient (Wildman–Crippen LogP) is 2.30. The SMILES string of the molecule is COc1ccc(CN2CC3(CCN(CC(C)C)C(=O)C3)C2=O)cc1. The number of ether oxygens (including phenoxy) is 1. The maximum Gasteiger partial charge on any atom is 0.231 e. The number of hydrogen-bond donors (Lipinski definition) is 0. The van der Waals surface area contributed by atoms with Crippen molar-refractivity contribution < 1.29 is 14.3 Å². The summed E-state index contributed by atoms with van der Waals surface area (Å²) in [5.41, 5.74) is 0.652. The van der Waals surface area contributed by atoms with Gasteiger partial charge in [0.15, 0.2) is 0 Å². The summed E-state index contributed by atoms with van der Waals surface area (Å²) < 4.78 is 5.15. The van der Waals surface area contributed by atoms with Crippen molar-refractivity contribution in [1.82, 2.24) is 9.80 Å². The number of likely N-dealkylation sites (tertiary alicyclic amines) is 2. The molecule has 2 fully saturated rings. The van der Waals surface area contributed by atoms with Crippen molar-refractivity contribution in [3.05, 3.63) is 29.8 Å². The Kier molecular flexibility index (Phi) is 4.52. The van der Waals surface area contributed by atoms with Crippen molar-refractivity contribution in [2.75, 3.05) is 26.7 Å². The van der Waals surface area contributed by atoms with Crippen LogP contribution in [0, 0.1) is 11.3 Å². The van der Waals surface area contributed by atoms with Crippen LogP contribution in [0.15, 0.2) is 24.3 Å². The molecule has 1 aromatic carbocycles. The molecule has 0 saturated carbocycles. The normalized spacial score (nSPS) is 23.8. The molecule has 2 aliphatic heterocycles. The fourth-order valence-corrected chi connectivity index (χ4v) is 3.74. The summed E-state index contributed by atoms with van der Waals surface area (Å²) in [4.78, 5) is 28.8. The second-order valence-corrected chi connectivity index (χ2v) is 7.45. The molecule has 2 aliphatic rings. The van der Waals surface area contributed by atoms with Crippen molar-refractivity contribution in [2.24, 2.45) is 11.3 Å². The van der Waals surface area contributed by atoms with E-state index in [1.807, 2.05) is 34.1 Å². The highest BCUT2D eigenvalue weighted by Crippen LogP contribution is 2.43. The Hall–Kier alpha value is -2.04. The van der Waals surface area contributed by atoms with Gasteiger partial charge in [-0.15, -0.1) is 0 Å². The van der Waals surface area contributed by atoms with Gasteiger partial charge in [-0.2, -0.15) is 0 Å². The van der Waals surface area contributed by atoms with E-state index in [0.717, 1.165) is 24.3 Å². The molecular weight excluding hydrogens is 304 g/mol. The maximum absolute atomic E-state index is 12.7. The van der Waals surface area contributed by atoms with E-state index in [4.69, 9.17) is 4.74 Å². The molecule has 1 unspecified atom stereocenters. The minimum atomic E-state index is -0.433. The summed E-state index contributed by atoms with van der Waals surface area (Å²) in [6, 6.07) is 7.77. The molecular formula is C19H26N2O3. The van der Waals surface area contributed by atoms with Gasteiger partial charge in [0.2, 0.25) is 11.8 Å². The van der Waals surface area contributed by atoms with Gasteiger partial charge in [-0.25, -0.2) is 0 Å². The van der Waals surface area contributed by atoms with Crippen LogP contribution in [0.4, 0.5) is 0 Å². The summed E-state index contributed by atoms with van der Waals surface area (Å²) >= 11 is 0. The quantitative estimate of drug-likeness (QED) is 0.779. The molecule has 5 heteroatoms. The second kappa shape index (κ2) is 6.46. The number of carbonyl (C=O) groups is 2. The summed E-state index contributed by atoms with van der Waals surface area (Å²) in [5.74, 6) is 1.54. The van der Waals surface area contributed by atoms with Crippen molar-refractivity contribution >= 4 is 11.8 Å². The van der Waals surface area contributed by atoms with Crippen LogP contribution in [0.3, 0.4) is 0 Å². The number of amides is 2. The van der Waals surface area contributed by atoms with Gasteiger partial charge in [-0.05, 0) is 30.0 Å². The van der Waals surface area contributed by atoms with Gasteiger partial charge in [0.25, 0.3) is 0 Å². The zero-order valence-electron chi connectivity index (χ0n) is 14.7. The standard InChI is InChI=1S/C19H26N2O3/c1-14(2)11-20-9-8-19(10-17(20)22)13-21(18(19)23)12-15-4-6-16(24-3)7-5-15/h4-7,14H,8-13H2,1-3H3. The lowest BCUT2D eigenvalue weighted by atomic mass is 9.70. The minimum absolute atomic E-state index is 0.132. The Labute approximate surface area is 143 Å². The van der Waals surface area contributed by atoms with Crippen LogP contribution in [0.25, 0.3) is 0 Å². The summed E-state index contributed by atoms with van der Waals surface area (Å²) in [7, 11) is 1.64. The van der Waals surface area contributed by atoms with Crippen LogP contribution in [0.5, 0.6) is 5.75 Å². The molecule has 2 amide bonds. The summed E-state index contributed by atoms with van der Waals surface area (Å²) in [6.07, 6.45) is 1.17. The Balaban J connectivity index is 1.57. The first kappa shape index (κ1) is 16.8. The van der Waals surface area contributed by atoms with Crippen LogP contribution in [-0.4, -0.2) is 48.4 Å². The topological polar surface area (TPSA) is 49.9 Å².